The lowest BCUT2D eigenvalue weighted by atomic mass is 10.1. The smallest absolute Gasteiger partial charge is 0.137 e. The summed E-state index contributed by atoms with van der Waals surface area (Å²) >= 11 is 10.8. The van der Waals surface area contributed by atoms with Crippen LogP contribution in [0, 0.1) is 0 Å². The molecule has 0 spiro atoms. The number of benzene rings is 1. The zero-order valence-electron chi connectivity index (χ0n) is 9.25. The summed E-state index contributed by atoms with van der Waals surface area (Å²) in [6, 6.07) is 3.58. The first kappa shape index (κ1) is 13.1. The van der Waals surface area contributed by atoms with E-state index in [4.69, 9.17) is 39.0 Å². The number of nitrogens with two attached hydrogens (primary N) is 1. The van der Waals surface area contributed by atoms with E-state index in [1.165, 1.54) is 0 Å². The monoisotopic (exact) mass is 259 g/mol. The van der Waals surface area contributed by atoms with Crippen molar-refractivity contribution in [1.29, 1.82) is 0 Å². The van der Waals surface area contributed by atoms with Crippen molar-refractivity contribution in [2.24, 2.45) is 5.73 Å². The summed E-state index contributed by atoms with van der Waals surface area (Å²) in [4.78, 5) is 0.482. The molecule has 0 saturated carbocycles. The van der Waals surface area contributed by atoms with Gasteiger partial charge in [-0.15, -0.1) is 0 Å². The number of hydrogen-bond donors (Lipinski definition) is 1. The minimum absolute atomic E-state index is 0.482. The van der Waals surface area contributed by atoms with Gasteiger partial charge in [-0.3, -0.25) is 0 Å². The predicted octanol–water partition coefficient (Wildman–Crippen LogP) is 2.58. The van der Waals surface area contributed by atoms with Crippen molar-refractivity contribution >= 4 is 28.8 Å². The Morgan fingerprint density at radius 1 is 1.31 bits per heavy atom. The van der Waals surface area contributed by atoms with Crippen molar-refractivity contribution in [1.82, 2.24) is 0 Å². The van der Waals surface area contributed by atoms with Crippen LogP contribution in [0.15, 0.2) is 12.1 Å². The average molecular weight is 260 g/mol. The van der Waals surface area contributed by atoms with Gasteiger partial charge >= 0.3 is 0 Å². The van der Waals surface area contributed by atoms with Crippen LogP contribution in [0.25, 0.3) is 0 Å². The van der Waals surface area contributed by atoms with Crippen molar-refractivity contribution in [2.75, 3.05) is 14.2 Å². The number of halogens is 1. The third-order valence-corrected chi connectivity index (χ3v) is 2.70. The van der Waals surface area contributed by atoms with E-state index >= 15 is 0 Å². The van der Waals surface area contributed by atoms with Crippen molar-refractivity contribution in [2.45, 2.75) is 12.8 Å². The van der Waals surface area contributed by atoms with Gasteiger partial charge in [-0.05, 0) is 18.1 Å². The first-order valence-corrected chi connectivity index (χ1v) is 5.55. The Balaban J connectivity index is 2.99. The van der Waals surface area contributed by atoms with Crippen LogP contribution in [-0.4, -0.2) is 19.2 Å². The highest BCUT2D eigenvalue weighted by Gasteiger charge is 2.09. The molecule has 0 aliphatic carbocycles. The van der Waals surface area contributed by atoms with E-state index < -0.39 is 0 Å². The molecule has 0 radical (unpaired) electrons. The molecule has 0 amide bonds. The summed E-state index contributed by atoms with van der Waals surface area (Å²) < 4.78 is 10.4. The molecule has 0 fully saturated rings. The fourth-order valence-electron chi connectivity index (χ4n) is 1.38. The lowest BCUT2D eigenvalue weighted by Gasteiger charge is -2.11. The molecule has 0 aliphatic heterocycles. The van der Waals surface area contributed by atoms with Gasteiger partial charge in [0.2, 0.25) is 0 Å². The van der Waals surface area contributed by atoms with Gasteiger partial charge in [0.25, 0.3) is 0 Å². The van der Waals surface area contributed by atoms with Crippen LogP contribution in [0.3, 0.4) is 0 Å². The molecule has 0 aliphatic rings. The molecule has 0 bridgehead atoms. The summed E-state index contributed by atoms with van der Waals surface area (Å²) in [7, 11) is 3.17. The summed E-state index contributed by atoms with van der Waals surface area (Å²) in [5.74, 6) is 1.35. The Morgan fingerprint density at radius 2 is 1.94 bits per heavy atom. The van der Waals surface area contributed by atoms with Crippen LogP contribution in [0.4, 0.5) is 0 Å². The molecule has 1 rings (SSSR count). The van der Waals surface area contributed by atoms with Crippen molar-refractivity contribution < 1.29 is 9.47 Å². The molecule has 1 aromatic rings. The van der Waals surface area contributed by atoms with Gasteiger partial charge in [0.15, 0.2) is 0 Å². The van der Waals surface area contributed by atoms with E-state index in [9.17, 15) is 0 Å². The molecule has 2 N–H and O–H groups in total. The Kier molecular flexibility index (Phi) is 4.83. The molecule has 88 valence electrons. The van der Waals surface area contributed by atoms with Crippen LogP contribution >= 0.6 is 23.8 Å². The SMILES string of the molecule is COc1cc(CCC(N)=S)c(OC)cc1Cl. The highest BCUT2D eigenvalue weighted by atomic mass is 35.5. The third-order valence-electron chi connectivity index (χ3n) is 2.20. The zero-order chi connectivity index (χ0) is 12.1. The second-order valence-electron chi connectivity index (χ2n) is 3.26. The van der Waals surface area contributed by atoms with Gasteiger partial charge in [-0.1, -0.05) is 23.8 Å². The van der Waals surface area contributed by atoms with Crippen LogP contribution in [0.5, 0.6) is 11.5 Å². The van der Waals surface area contributed by atoms with Crippen LogP contribution in [0.1, 0.15) is 12.0 Å². The van der Waals surface area contributed by atoms with Gasteiger partial charge in [0, 0.05) is 12.5 Å². The summed E-state index contributed by atoms with van der Waals surface area (Å²) in [5, 5.41) is 0.526. The van der Waals surface area contributed by atoms with E-state index in [1.807, 2.05) is 6.07 Å². The minimum atomic E-state index is 0.482. The number of thiocarbonyl (C=S) groups is 1. The predicted molar refractivity (Wildman–Crippen MR) is 69.7 cm³/mol. The lowest BCUT2D eigenvalue weighted by Crippen LogP contribution is -2.09. The highest BCUT2D eigenvalue weighted by Crippen LogP contribution is 2.32. The van der Waals surface area contributed by atoms with Crippen LogP contribution < -0.4 is 15.2 Å². The Morgan fingerprint density at radius 3 is 2.44 bits per heavy atom. The molecule has 3 nitrogen and oxygen atoms in total. The maximum absolute atomic E-state index is 5.99. The molecular formula is C11H14ClNO2S. The first-order chi connectivity index (χ1) is 7.58. The fourth-order valence-corrected chi connectivity index (χ4v) is 1.71. The molecular weight excluding hydrogens is 246 g/mol. The molecule has 0 unspecified atom stereocenters. The second kappa shape index (κ2) is 5.92. The topological polar surface area (TPSA) is 44.5 Å². The molecule has 16 heavy (non-hydrogen) atoms. The number of aryl methyl sites for hydroxylation is 1. The minimum Gasteiger partial charge on any atom is -0.496 e. The van der Waals surface area contributed by atoms with Crippen LogP contribution in [0.2, 0.25) is 5.02 Å². The molecule has 0 heterocycles. The normalized spacial score (nSPS) is 9.94. The van der Waals surface area contributed by atoms with E-state index in [0.717, 1.165) is 11.3 Å². The molecule has 1 aromatic carbocycles. The highest BCUT2D eigenvalue weighted by molar-refractivity contribution is 7.80. The second-order valence-corrected chi connectivity index (χ2v) is 4.20. The largest absolute Gasteiger partial charge is 0.496 e. The summed E-state index contributed by atoms with van der Waals surface area (Å²) in [5.41, 5.74) is 6.45. The molecule has 0 saturated heterocycles. The third kappa shape index (κ3) is 3.25. The first-order valence-electron chi connectivity index (χ1n) is 4.77. The fraction of sp³-hybridized carbons (Fsp3) is 0.364. The molecule has 0 aromatic heterocycles. The average Bonchev–Trinajstić information content (AvgIpc) is 2.26. The molecule has 5 heteroatoms. The number of rotatable bonds is 5. The number of hydrogen-bond acceptors (Lipinski definition) is 3. The maximum Gasteiger partial charge on any atom is 0.137 e. The quantitative estimate of drug-likeness (QED) is 0.826. The Labute approximate surface area is 105 Å². The van der Waals surface area contributed by atoms with E-state index in [-0.39, 0.29) is 0 Å². The number of ether oxygens (including phenoxy) is 2. The maximum atomic E-state index is 5.99. The van der Waals surface area contributed by atoms with Gasteiger partial charge in [-0.25, -0.2) is 0 Å². The Hall–Kier alpha value is -1.00. The number of methoxy groups -OCH3 is 2. The van der Waals surface area contributed by atoms with Gasteiger partial charge in [0.1, 0.15) is 11.5 Å². The standard InChI is InChI=1S/C11H14ClNO2S/c1-14-9-6-8(12)10(15-2)5-7(9)3-4-11(13)16/h5-6H,3-4H2,1-2H3,(H2,13,16). The van der Waals surface area contributed by atoms with E-state index in [1.54, 1.807) is 20.3 Å². The summed E-state index contributed by atoms with van der Waals surface area (Å²) in [6.07, 6.45) is 1.35. The van der Waals surface area contributed by atoms with Crippen molar-refractivity contribution in [3.8, 4) is 11.5 Å². The van der Waals surface area contributed by atoms with Crippen LogP contribution in [-0.2, 0) is 6.42 Å². The zero-order valence-corrected chi connectivity index (χ0v) is 10.8. The lowest BCUT2D eigenvalue weighted by molar-refractivity contribution is 0.399. The van der Waals surface area contributed by atoms with Gasteiger partial charge in [0.05, 0.1) is 24.2 Å². The van der Waals surface area contributed by atoms with E-state index in [2.05, 4.69) is 0 Å². The molecule has 0 atom stereocenters. The Bertz CT molecular complexity index is 396. The van der Waals surface area contributed by atoms with Gasteiger partial charge in [-0.2, -0.15) is 0 Å². The van der Waals surface area contributed by atoms with E-state index in [0.29, 0.717) is 28.6 Å². The summed E-state index contributed by atoms with van der Waals surface area (Å²) in [6.45, 7) is 0. The van der Waals surface area contributed by atoms with Crippen molar-refractivity contribution in [3.05, 3.63) is 22.7 Å². The van der Waals surface area contributed by atoms with Crippen molar-refractivity contribution in [3.63, 3.8) is 0 Å². The van der Waals surface area contributed by atoms with Gasteiger partial charge < -0.3 is 15.2 Å².